The Kier molecular flexibility index (Phi) is 6.92. The van der Waals surface area contributed by atoms with Gasteiger partial charge in [-0.3, -0.25) is 4.79 Å². The number of anilines is 1. The zero-order valence-corrected chi connectivity index (χ0v) is 18.7. The minimum absolute atomic E-state index is 0.0233. The number of piperidine rings is 1. The lowest BCUT2D eigenvalue weighted by Crippen LogP contribution is -2.35. The van der Waals surface area contributed by atoms with Crippen LogP contribution in [0.15, 0.2) is 59.5 Å². The Bertz CT molecular complexity index is 971. The van der Waals surface area contributed by atoms with Crippen molar-refractivity contribution in [3.05, 3.63) is 60.2 Å². The Morgan fingerprint density at radius 1 is 0.935 bits per heavy atom. The molecule has 2 saturated heterocycles. The third-order valence-corrected chi connectivity index (χ3v) is 8.15. The van der Waals surface area contributed by atoms with Crippen molar-refractivity contribution in [1.29, 1.82) is 0 Å². The van der Waals surface area contributed by atoms with Gasteiger partial charge in [0.05, 0.1) is 11.3 Å². The molecule has 166 valence electrons. The van der Waals surface area contributed by atoms with E-state index < -0.39 is 10.0 Å². The van der Waals surface area contributed by atoms with Crippen LogP contribution in [-0.4, -0.2) is 51.4 Å². The molecule has 0 aliphatic carbocycles. The van der Waals surface area contributed by atoms with E-state index in [1.807, 2.05) is 18.2 Å². The summed E-state index contributed by atoms with van der Waals surface area (Å²) < 4.78 is 27.1. The second-order valence-corrected chi connectivity index (χ2v) is 10.5. The molecule has 31 heavy (non-hydrogen) atoms. The predicted octanol–water partition coefficient (Wildman–Crippen LogP) is 3.05. The first-order valence-corrected chi connectivity index (χ1v) is 12.6. The number of para-hydroxylation sites is 1. The molecule has 0 radical (unpaired) electrons. The summed E-state index contributed by atoms with van der Waals surface area (Å²) in [6.45, 7) is 3.82. The number of sulfonamides is 1. The highest BCUT2D eigenvalue weighted by Gasteiger charge is 2.26. The third-order valence-electron chi connectivity index (χ3n) is 6.24. The number of carbonyl (C=O) groups is 1. The van der Waals surface area contributed by atoms with Gasteiger partial charge in [-0.25, -0.2) is 8.42 Å². The van der Waals surface area contributed by atoms with E-state index in [1.165, 1.54) is 5.69 Å². The van der Waals surface area contributed by atoms with Gasteiger partial charge in [-0.15, -0.1) is 0 Å². The van der Waals surface area contributed by atoms with Gasteiger partial charge < -0.3 is 10.2 Å². The van der Waals surface area contributed by atoms with Crippen molar-refractivity contribution in [3.8, 4) is 0 Å². The number of nitrogens with one attached hydrogen (secondary N) is 1. The molecule has 7 heteroatoms. The van der Waals surface area contributed by atoms with Gasteiger partial charge in [-0.05, 0) is 55.0 Å². The molecule has 2 fully saturated rings. The van der Waals surface area contributed by atoms with Gasteiger partial charge in [0.1, 0.15) is 0 Å². The second-order valence-electron chi connectivity index (χ2n) is 8.53. The van der Waals surface area contributed by atoms with Gasteiger partial charge in [-0.2, -0.15) is 4.31 Å². The van der Waals surface area contributed by atoms with Crippen LogP contribution in [0.25, 0.3) is 0 Å². The minimum atomic E-state index is -3.43. The minimum Gasteiger partial charge on any atom is -0.371 e. The Hall–Kier alpha value is -2.38. The van der Waals surface area contributed by atoms with Gasteiger partial charge in [0, 0.05) is 38.4 Å². The predicted molar refractivity (Wildman–Crippen MR) is 123 cm³/mol. The number of rotatable bonds is 7. The summed E-state index contributed by atoms with van der Waals surface area (Å²) in [5, 5.41) is 3.05. The molecule has 0 bridgehead atoms. The number of hydrogen-bond acceptors (Lipinski definition) is 4. The van der Waals surface area contributed by atoms with E-state index in [0.29, 0.717) is 30.4 Å². The Balaban J connectivity index is 1.25. The molecule has 4 rings (SSSR count). The molecule has 2 aliphatic rings. The highest BCUT2D eigenvalue weighted by Crippen LogP contribution is 2.23. The Morgan fingerprint density at radius 2 is 1.65 bits per heavy atom. The summed E-state index contributed by atoms with van der Waals surface area (Å²) in [5.74, 6) is 0.422. The molecule has 1 unspecified atom stereocenters. The van der Waals surface area contributed by atoms with Crippen LogP contribution in [0.3, 0.4) is 0 Å². The maximum atomic E-state index is 12.7. The van der Waals surface area contributed by atoms with E-state index in [2.05, 4.69) is 22.3 Å². The summed E-state index contributed by atoms with van der Waals surface area (Å²) >= 11 is 0. The summed E-state index contributed by atoms with van der Waals surface area (Å²) in [5.41, 5.74) is 2.06. The normalized spacial score (nSPS) is 20.0. The largest absolute Gasteiger partial charge is 0.371 e. The number of hydrogen-bond donors (Lipinski definition) is 1. The van der Waals surface area contributed by atoms with Crippen LogP contribution in [0.5, 0.6) is 0 Å². The monoisotopic (exact) mass is 441 g/mol. The molecule has 0 spiro atoms. The number of nitrogens with zero attached hydrogens (tertiary/aromatic N) is 2. The molecule has 0 saturated carbocycles. The van der Waals surface area contributed by atoms with Crippen LogP contribution >= 0.6 is 0 Å². The average Bonchev–Trinajstić information content (AvgIpc) is 3.28. The van der Waals surface area contributed by atoms with Gasteiger partial charge in [-0.1, -0.05) is 36.8 Å². The molecular formula is C24H31N3O3S. The van der Waals surface area contributed by atoms with Gasteiger partial charge in [0.15, 0.2) is 0 Å². The van der Waals surface area contributed by atoms with Crippen molar-refractivity contribution < 1.29 is 13.2 Å². The van der Waals surface area contributed by atoms with Crippen LogP contribution in [0.2, 0.25) is 0 Å². The molecule has 2 heterocycles. The van der Waals surface area contributed by atoms with Crippen molar-refractivity contribution >= 4 is 21.6 Å². The molecule has 0 aromatic heterocycles. The van der Waals surface area contributed by atoms with Crippen LogP contribution in [0.4, 0.5) is 5.69 Å². The van der Waals surface area contributed by atoms with E-state index >= 15 is 0 Å². The molecule has 1 atom stereocenters. The van der Waals surface area contributed by atoms with E-state index in [-0.39, 0.29) is 12.3 Å². The van der Waals surface area contributed by atoms with Gasteiger partial charge >= 0.3 is 0 Å². The summed E-state index contributed by atoms with van der Waals surface area (Å²) in [6, 6.07) is 17.1. The zero-order valence-electron chi connectivity index (χ0n) is 17.9. The first-order chi connectivity index (χ1) is 15.0. The smallest absolute Gasteiger partial charge is 0.243 e. The average molecular weight is 442 g/mol. The summed E-state index contributed by atoms with van der Waals surface area (Å²) in [4.78, 5) is 15.1. The molecule has 2 aromatic rings. The number of amides is 1. The Morgan fingerprint density at radius 3 is 2.35 bits per heavy atom. The van der Waals surface area contributed by atoms with Crippen molar-refractivity contribution in [2.24, 2.45) is 5.92 Å². The highest BCUT2D eigenvalue weighted by atomic mass is 32.2. The fourth-order valence-electron chi connectivity index (χ4n) is 4.41. The molecular weight excluding hydrogens is 410 g/mol. The molecule has 2 aliphatic heterocycles. The SMILES string of the molecule is O=C(Cc1ccc(S(=O)(=O)N2CCCCC2)cc1)NCC1CCN(c2ccccc2)C1. The standard InChI is InChI=1S/C24H31N3O3S/c28-24(25-18-21-13-16-26(19-21)22-7-3-1-4-8-22)17-20-9-11-23(12-10-20)31(29,30)27-14-5-2-6-15-27/h1,3-4,7-12,21H,2,5-6,13-19H2,(H,25,28). The van der Waals surface area contributed by atoms with Crippen LogP contribution in [0.1, 0.15) is 31.2 Å². The lowest BCUT2D eigenvalue weighted by Gasteiger charge is -2.25. The first kappa shape index (κ1) is 21.8. The second kappa shape index (κ2) is 9.83. The van der Waals surface area contributed by atoms with E-state index in [0.717, 1.165) is 44.3 Å². The molecule has 1 N–H and O–H groups in total. The van der Waals surface area contributed by atoms with E-state index in [9.17, 15) is 13.2 Å². The van der Waals surface area contributed by atoms with Crippen molar-refractivity contribution in [2.75, 3.05) is 37.6 Å². The van der Waals surface area contributed by atoms with Crippen molar-refractivity contribution in [3.63, 3.8) is 0 Å². The fraction of sp³-hybridized carbons (Fsp3) is 0.458. The van der Waals surface area contributed by atoms with Gasteiger partial charge in [0.2, 0.25) is 15.9 Å². The Labute approximate surface area is 185 Å². The maximum Gasteiger partial charge on any atom is 0.243 e. The fourth-order valence-corrected chi connectivity index (χ4v) is 5.93. The molecule has 6 nitrogen and oxygen atoms in total. The zero-order chi connectivity index (χ0) is 21.7. The lowest BCUT2D eigenvalue weighted by atomic mass is 10.1. The number of benzene rings is 2. The maximum absolute atomic E-state index is 12.7. The number of carbonyl (C=O) groups excluding carboxylic acids is 1. The van der Waals surface area contributed by atoms with Crippen LogP contribution in [0, 0.1) is 5.92 Å². The lowest BCUT2D eigenvalue weighted by molar-refractivity contribution is -0.120. The molecule has 2 aromatic carbocycles. The molecule has 1 amide bonds. The van der Waals surface area contributed by atoms with Crippen molar-refractivity contribution in [1.82, 2.24) is 9.62 Å². The van der Waals surface area contributed by atoms with Crippen LogP contribution in [-0.2, 0) is 21.2 Å². The van der Waals surface area contributed by atoms with Crippen LogP contribution < -0.4 is 10.2 Å². The quantitative estimate of drug-likeness (QED) is 0.717. The third kappa shape index (κ3) is 5.46. The van der Waals surface area contributed by atoms with Crippen molar-refractivity contribution in [2.45, 2.75) is 37.0 Å². The highest BCUT2D eigenvalue weighted by molar-refractivity contribution is 7.89. The van der Waals surface area contributed by atoms with Gasteiger partial charge in [0.25, 0.3) is 0 Å². The topological polar surface area (TPSA) is 69.7 Å². The van der Waals surface area contributed by atoms with E-state index in [4.69, 9.17) is 0 Å². The van der Waals surface area contributed by atoms with E-state index in [1.54, 1.807) is 28.6 Å². The summed E-state index contributed by atoms with van der Waals surface area (Å²) in [6.07, 6.45) is 4.26. The summed E-state index contributed by atoms with van der Waals surface area (Å²) in [7, 11) is -3.43. The first-order valence-electron chi connectivity index (χ1n) is 11.2.